The largest absolute Gasteiger partial charge is 0.476 e. The summed E-state index contributed by atoms with van der Waals surface area (Å²) in [7, 11) is 0. The van der Waals surface area contributed by atoms with E-state index >= 15 is 0 Å². The average Bonchev–Trinajstić information content (AvgIpc) is 2.46. The van der Waals surface area contributed by atoms with E-state index in [1.807, 2.05) is 0 Å². The van der Waals surface area contributed by atoms with Gasteiger partial charge in [-0.25, -0.2) is 8.78 Å². The van der Waals surface area contributed by atoms with Crippen molar-refractivity contribution in [3.05, 3.63) is 69.8 Å². The summed E-state index contributed by atoms with van der Waals surface area (Å²) >= 11 is 0. The van der Waals surface area contributed by atoms with Crippen LogP contribution in [0.1, 0.15) is 10.4 Å². The second-order valence-corrected chi connectivity index (χ2v) is 4.06. The number of carbonyl (C=O) groups is 1. The van der Waals surface area contributed by atoms with Crippen molar-refractivity contribution in [2.45, 2.75) is 0 Å². The van der Waals surface area contributed by atoms with Crippen LogP contribution in [0.25, 0.3) is 0 Å². The highest BCUT2D eigenvalue weighted by atomic mass is 19.1. The van der Waals surface area contributed by atoms with Crippen molar-refractivity contribution in [2.24, 2.45) is 0 Å². The number of carbonyl (C=O) groups excluding carboxylic acids is 1. The number of para-hydroxylation sites is 1. The molecule has 0 unspecified atom stereocenters. The molecule has 0 bridgehead atoms. The van der Waals surface area contributed by atoms with Crippen LogP contribution >= 0.6 is 0 Å². The molecule has 0 fully saturated rings. The smallest absolute Gasteiger partial charge is 0.314 e. The number of nitrogens with zero attached hydrogens (tertiary/aromatic N) is 1. The predicted octanol–water partition coefficient (Wildman–Crippen LogP) is 3.13. The molecule has 0 saturated heterocycles. The Morgan fingerprint density at radius 1 is 1.14 bits per heavy atom. The van der Waals surface area contributed by atoms with E-state index in [2.05, 4.69) is 0 Å². The van der Waals surface area contributed by atoms with Gasteiger partial charge >= 0.3 is 5.69 Å². The maximum Gasteiger partial charge on any atom is 0.314 e. The first kappa shape index (κ1) is 14.6. The van der Waals surface area contributed by atoms with Crippen LogP contribution in [0.5, 0.6) is 5.75 Å². The van der Waals surface area contributed by atoms with E-state index in [1.165, 1.54) is 18.2 Å². The van der Waals surface area contributed by atoms with Crippen molar-refractivity contribution in [3.8, 4) is 5.75 Å². The van der Waals surface area contributed by atoms with E-state index in [9.17, 15) is 23.7 Å². The molecule has 0 saturated carbocycles. The lowest BCUT2D eigenvalue weighted by Crippen LogP contribution is -2.13. The highest BCUT2D eigenvalue weighted by molar-refractivity contribution is 5.97. The van der Waals surface area contributed by atoms with Crippen LogP contribution in [0.15, 0.2) is 42.5 Å². The van der Waals surface area contributed by atoms with Crippen molar-refractivity contribution in [3.63, 3.8) is 0 Å². The summed E-state index contributed by atoms with van der Waals surface area (Å²) in [6.07, 6.45) is 0. The molecule has 0 atom stereocenters. The minimum atomic E-state index is -0.934. The molecule has 0 radical (unpaired) electrons. The summed E-state index contributed by atoms with van der Waals surface area (Å²) in [6, 6.07) is 7.92. The van der Waals surface area contributed by atoms with Crippen LogP contribution in [0.4, 0.5) is 14.5 Å². The summed E-state index contributed by atoms with van der Waals surface area (Å²) in [6.45, 7) is -0.590. The average molecular weight is 293 g/mol. The first-order valence-electron chi connectivity index (χ1n) is 5.83. The van der Waals surface area contributed by atoms with Crippen LogP contribution < -0.4 is 4.74 Å². The van der Waals surface area contributed by atoms with Gasteiger partial charge in [0.05, 0.1) is 4.92 Å². The maximum absolute atomic E-state index is 13.5. The molecule has 2 aromatic rings. The standard InChI is InChI=1S/C14H9F2NO4/c15-10-6-4-9(5-7-10)13(18)8-21-14-11(16)2-1-3-12(14)17(19)20/h1-7H,8H2. The van der Waals surface area contributed by atoms with Gasteiger partial charge in [0, 0.05) is 11.6 Å². The Kier molecular flexibility index (Phi) is 4.22. The van der Waals surface area contributed by atoms with Crippen LogP contribution in [-0.2, 0) is 0 Å². The van der Waals surface area contributed by atoms with Gasteiger partial charge in [-0.3, -0.25) is 14.9 Å². The zero-order chi connectivity index (χ0) is 15.4. The summed E-state index contributed by atoms with van der Waals surface area (Å²) in [4.78, 5) is 21.7. The Labute approximate surface area is 117 Å². The Hall–Kier alpha value is -2.83. The molecule has 0 heterocycles. The molecule has 0 aliphatic carbocycles. The van der Waals surface area contributed by atoms with Gasteiger partial charge in [-0.05, 0) is 30.3 Å². The second-order valence-electron chi connectivity index (χ2n) is 4.06. The number of halogens is 2. The minimum Gasteiger partial charge on any atom is -0.476 e. The summed E-state index contributed by atoms with van der Waals surface area (Å²) in [5, 5.41) is 10.8. The number of ether oxygens (including phenoxy) is 1. The molecule has 108 valence electrons. The lowest BCUT2D eigenvalue weighted by molar-refractivity contribution is -0.386. The highest BCUT2D eigenvalue weighted by Gasteiger charge is 2.20. The number of nitro benzene ring substituents is 1. The van der Waals surface area contributed by atoms with E-state index in [4.69, 9.17) is 4.74 Å². The number of benzene rings is 2. The van der Waals surface area contributed by atoms with Crippen LogP contribution in [0, 0.1) is 21.7 Å². The SMILES string of the molecule is O=C(COc1c(F)cccc1[N+](=O)[O-])c1ccc(F)cc1. The summed E-state index contributed by atoms with van der Waals surface area (Å²) in [5.74, 6) is -2.58. The van der Waals surface area contributed by atoms with Gasteiger partial charge in [-0.2, -0.15) is 0 Å². The van der Waals surface area contributed by atoms with Crippen LogP contribution in [-0.4, -0.2) is 17.3 Å². The molecule has 2 rings (SSSR count). The molecule has 0 aliphatic rings. The van der Waals surface area contributed by atoms with Crippen molar-refractivity contribution in [1.82, 2.24) is 0 Å². The van der Waals surface area contributed by atoms with Gasteiger partial charge in [0.25, 0.3) is 0 Å². The Bertz CT molecular complexity index is 686. The lowest BCUT2D eigenvalue weighted by atomic mass is 10.1. The van der Waals surface area contributed by atoms with E-state index in [1.54, 1.807) is 0 Å². The van der Waals surface area contributed by atoms with Gasteiger partial charge in [-0.1, -0.05) is 6.07 Å². The fourth-order valence-electron chi connectivity index (χ4n) is 1.64. The molecule has 0 aromatic heterocycles. The monoisotopic (exact) mass is 293 g/mol. The van der Waals surface area contributed by atoms with Crippen molar-refractivity contribution in [1.29, 1.82) is 0 Å². The normalized spacial score (nSPS) is 10.2. The molecular formula is C14H9F2NO4. The zero-order valence-electron chi connectivity index (χ0n) is 10.6. The van der Waals surface area contributed by atoms with E-state index in [0.717, 1.165) is 24.3 Å². The maximum atomic E-state index is 13.5. The first-order chi connectivity index (χ1) is 9.99. The fraction of sp³-hybridized carbons (Fsp3) is 0.0714. The minimum absolute atomic E-state index is 0.162. The van der Waals surface area contributed by atoms with Gasteiger partial charge in [0.2, 0.25) is 5.75 Å². The third-order valence-electron chi connectivity index (χ3n) is 2.66. The Morgan fingerprint density at radius 3 is 2.43 bits per heavy atom. The number of hydrogen-bond donors (Lipinski definition) is 0. The number of nitro groups is 1. The lowest BCUT2D eigenvalue weighted by Gasteiger charge is -2.07. The quantitative estimate of drug-likeness (QED) is 0.482. The van der Waals surface area contributed by atoms with Crippen molar-refractivity contribution < 1.29 is 23.2 Å². The fourth-order valence-corrected chi connectivity index (χ4v) is 1.64. The first-order valence-corrected chi connectivity index (χ1v) is 5.83. The molecule has 0 aliphatic heterocycles. The van der Waals surface area contributed by atoms with Crippen LogP contribution in [0.2, 0.25) is 0 Å². The van der Waals surface area contributed by atoms with Crippen LogP contribution in [0.3, 0.4) is 0 Å². The third kappa shape index (κ3) is 3.38. The van der Waals surface area contributed by atoms with Gasteiger partial charge < -0.3 is 4.74 Å². The molecule has 0 spiro atoms. The Morgan fingerprint density at radius 2 is 1.81 bits per heavy atom. The van der Waals surface area contributed by atoms with Gasteiger partial charge in [0.1, 0.15) is 5.82 Å². The second kappa shape index (κ2) is 6.08. The number of ketones is 1. The van der Waals surface area contributed by atoms with E-state index in [-0.39, 0.29) is 5.56 Å². The molecule has 21 heavy (non-hydrogen) atoms. The zero-order valence-corrected chi connectivity index (χ0v) is 10.6. The molecule has 0 amide bonds. The van der Waals surface area contributed by atoms with Crippen molar-refractivity contribution >= 4 is 11.5 Å². The van der Waals surface area contributed by atoms with Gasteiger partial charge in [-0.15, -0.1) is 0 Å². The molecular weight excluding hydrogens is 284 g/mol. The van der Waals surface area contributed by atoms with E-state index < -0.39 is 40.4 Å². The van der Waals surface area contributed by atoms with Crippen molar-refractivity contribution in [2.75, 3.05) is 6.61 Å². The predicted molar refractivity (Wildman–Crippen MR) is 69.3 cm³/mol. The molecule has 7 heteroatoms. The topological polar surface area (TPSA) is 69.4 Å². The molecule has 0 N–H and O–H groups in total. The summed E-state index contributed by atoms with van der Waals surface area (Å²) < 4.78 is 31.2. The van der Waals surface area contributed by atoms with Gasteiger partial charge in [0.15, 0.2) is 18.2 Å². The van der Waals surface area contributed by atoms with E-state index in [0.29, 0.717) is 0 Å². The molecule has 2 aromatic carbocycles. The number of rotatable bonds is 5. The molecule has 5 nitrogen and oxygen atoms in total. The number of Topliss-reactive ketones (excluding diaryl/α,β-unsaturated/α-hetero) is 1. The summed E-state index contributed by atoms with van der Waals surface area (Å²) in [5.41, 5.74) is -0.405. The Balaban J connectivity index is 2.15. The third-order valence-corrected chi connectivity index (χ3v) is 2.66. The number of hydrogen-bond acceptors (Lipinski definition) is 4. The highest BCUT2D eigenvalue weighted by Crippen LogP contribution is 2.29.